The summed E-state index contributed by atoms with van der Waals surface area (Å²) < 4.78 is 15.0. The molecule has 0 aliphatic heterocycles. The van der Waals surface area contributed by atoms with Crippen LogP contribution in [0.2, 0.25) is 0 Å². The second-order valence-electron chi connectivity index (χ2n) is 4.90. The first-order valence-corrected chi connectivity index (χ1v) is 8.82. The van der Waals surface area contributed by atoms with Crippen LogP contribution in [0.5, 0.6) is 0 Å². The largest absolute Gasteiger partial charge is 0.233 e. The van der Waals surface area contributed by atoms with Gasteiger partial charge in [-0.2, -0.15) is 5.10 Å². The first-order valence-electron chi connectivity index (χ1n) is 7.01. The van der Waals surface area contributed by atoms with Crippen molar-refractivity contribution in [2.75, 3.05) is 5.75 Å². The van der Waals surface area contributed by atoms with E-state index in [1.807, 2.05) is 24.4 Å². The molecule has 0 N–H and O–H groups in total. The number of nitrogens with zero attached hydrogens (tertiary/aromatic N) is 3. The molecule has 1 aromatic carbocycles. The lowest BCUT2D eigenvalue weighted by Gasteiger charge is -2.03. The molecule has 0 atom stereocenters. The van der Waals surface area contributed by atoms with Gasteiger partial charge in [-0.05, 0) is 49.9 Å². The molecule has 2 heterocycles. The van der Waals surface area contributed by atoms with E-state index in [0.717, 1.165) is 37.6 Å². The lowest BCUT2D eigenvalue weighted by Crippen LogP contribution is -1.97. The predicted molar refractivity (Wildman–Crippen MR) is 89.4 cm³/mol. The third-order valence-electron chi connectivity index (χ3n) is 3.14. The van der Waals surface area contributed by atoms with Crippen molar-refractivity contribution in [3.05, 3.63) is 47.5 Å². The van der Waals surface area contributed by atoms with E-state index in [1.54, 1.807) is 35.7 Å². The Morgan fingerprint density at radius 1 is 1.18 bits per heavy atom. The summed E-state index contributed by atoms with van der Waals surface area (Å²) in [5, 5.41) is 5.65. The standard InChI is InChI=1S/C16H16FN3S2/c1-4-21-16-14(22-13-7-5-12(17)6-8-13)15-18-10(2)9-11(3)20(15)19-16/h5-9H,4H2,1-3H3. The Balaban J connectivity index is 2.12. The first kappa shape index (κ1) is 15.4. The van der Waals surface area contributed by atoms with Crippen molar-refractivity contribution in [1.29, 1.82) is 0 Å². The maximum absolute atomic E-state index is 13.1. The van der Waals surface area contributed by atoms with Gasteiger partial charge >= 0.3 is 0 Å². The molecule has 0 unspecified atom stereocenters. The third kappa shape index (κ3) is 2.98. The molecular weight excluding hydrogens is 317 g/mol. The molecule has 0 bridgehead atoms. The fourth-order valence-corrected chi connectivity index (χ4v) is 4.02. The van der Waals surface area contributed by atoms with Crippen LogP contribution in [0, 0.1) is 19.7 Å². The molecule has 3 nitrogen and oxygen atoms in total. The lowest BCUT2D eigenvalue weighted by atomic mass is 10.3. The minimum absolute atomic E-state index is 0.225. The average Bonchev–Trinajstić information content (AvgIpc) is 2.80. The molecule has 3 aromatic rings. The van der Waals surface area contributed by atoms with Gasteiger partial charge in [0.25, 0.3) is 0 Å². The molecule has 3 rings (SSSR count). The van der Waals surface area contributed by atoms with Crippen molar-refractivity contribution in [2.45, 2.75) is 35.6 Å². The molecule has 0 radical (unpaired) electrons. The van der Waals surface area contributed by atoms with E-state index in [0.29, 0.717) is 0 Å². The first-order chi connectivity index (χ1) is 10.6. The van der Waals surface area contributed by atoms with Crippen LogP contribution < -0.4 is 0 Å². The second-order valence-corrected chi connectivity index (χ2v) is 7.23. The summed E-state index contributed by atoms with van der Waals surface area (Å²) in [6.07, 6.45) is 0. The van der Waals surface area contributed by atoms with Crippen molar-refractivity contribution < 1.29 is 4.39 Å². The number of hydrogen-bond acceptors (Lipinski definition) is 4. The van der Waals surface area contributed by atoms with Gasteiger partial charge in [-0.1, -0.05) is 18.7 Å². The monoisotopic (exact) mass is 333 g/mol. The number of hydrogen-bond donors (Lipinski definition) is 0. The second kappa shape index (κ2) is 6.30. The van der Waals surface area contributed by atoms with Gasteiger partial charge < -0.3 is 0 Å². The van der Waals surface area contributed by atoms with Crippen LogP contribution in [0.3, 0.4) is 0 Å². The van der Waals surface area contributed by atoms with Crippen LogP contribution in [-0.2, 0) is 0 Å². The molecule has 0 spiro atoms. The van der Waals surface area contributed by atoms with Gasteiger partial charge in [0.2, 0.25) is 0 Å². The van der Waals surface area contributed by atoms with E-state index in [4.69, 9.17) is 0 Å². The fraction of sp³-hybridized carbons (Fsp3) is 0.250. The molecule has 22 heavy (non-hydrogen) atoms. The van der Waals surface area contributed by atoms with Crippen molar-refractivity contribution in [2.24, 2.45) is 0 Å². The highest BCUT2D eigenvalue weighted by Crippen LogP contribution is 2.38. The number of thioether (sulfide) groups is 1. The summed E-state index contributed by atoms with van der Waals surface area (Å²) in [7, 11) is 0. The Morgan fingerprint density at radius 2 is 1.91 bits per heavy atom. The molecule has 6 heteroatoms. The maximum Gasteiger partial charge on any atom is 0.170 e. The van der Waals surface area contributed by atoms with Gasteiger partial charge in [0.05, 0.1) is 4.90 Å². The number of rotatable bonds is 4. The summed E-state index contributed by atoms with van der Waals surface area (Å²) in [5.41, 5.74) is 2.90. The van der Waals surface area contributed by atoms with E-state index >= 15 is 0 Å². The maximum atomic E-state index is 13.1. The van der Waals surface area contributed by atoms with Gasteiger partial charge in [0.1, 0.15) is 10.8 Å². The van der Waals surface area contributed by atoms with Gasteiger partial charge in [-0.15, -0.1) is 11.8 Å². The van der Waals surface area contributed by atoms with Gasteiger partial charge in [-0.25, -0.2) is 13.9 Å². The third-order valence-corrected chi connectivity index (χ3v) is 5.20. The highest BCUT2D eigenvalue weighted by atomic mass is 32.2. The summed E-state index contributed by atoms with van der Waals surface area (Å²) in [4.78, 5) is 6.66. The Labute approximate surface area is 137 Å². The minimum Gasteiger partial charge on any atom is -0.233 e. The summed E-state index contributed by atoms with van der Waals surface area (Å²) in [6, 6.07) is 8.54. The molecule has 0 saturated heterocycles. The molecule has 0 fully saturated rings. The zero-order chi connectivity index (χ0) is 15.7. The van der Waals surface area contributed by atoms with Crippen molar-refractivity contribution in [3.8, 4) is 0 Å². The quantitative estimate of drug-likeness (QED) is 0.645. The lowest BCUT2D eigenvalue weighted by molar-refractivity contribution is 0.626. The average molecular weight is 333 g/mol. The SMILES string of the molecule is CCSc1nn2c(C)cc(C)nc2c1Sc1ccc(F)cc1. The number of aryl methyl sites for hydroxylation is 2. The molecule has 0 aliphatic carbocycles. The van der Waals surface area contributed by atoms with E-state index < -0.39 is 0 Å². The molecule has 0 saturated carbocycles. The molecule has 0 amide bonds. The predicted octanol–water partition coefficient (Wildman–Crippen LogP) is 4.75. The van der Waals surface area contributed by atoms with E-state index in [1.165, 1.54) is 12.1 Å². The fourth-order valence-electron chi connectivity index (χ4n) is 2.22. The number of benzene rings is 1. The Hall–Kier alpha value is -1.53. The van der Waals surface area contributed by atoms with Crippen molar-refractivity contribution in [1.82, 2.24) is 14.6 Å². The number of fused-ring (bicyclic) bond motifs is 1. The van der Waals surface area contributed by atoms with Crippen LogP contribution in [0.1, 0.15) is 18.3 Å². The minimum atomic E-state index is -0.225. The topological polar surface area (TPSA) is 30.2 Å². The van der Waals surface area contributed by atoms with Gasteiger partial charge in [0.15, 0.2) is 5.65 Å². The Bertz CT molecular complexity index is 812. The molecular formula is C16H16FN3S2. The van der Waals surface area contributed by atoms with Crippen LogP contribution in [0.25, 0.3) is 5.65 Å². The zero-order valence-corrected chi connectivity index (χ0v) is 14.3. The molecule has 0 aliphatic rings. The summed E-state index contributed by atoms with van der Waals surface area (Å²) in [6.45, 7) is 6.12. The molecule has 114 valence electrons. The highest BCUT2D eigenvalue weighted by Gasteiger charge is 2.17. The smallest absolute Gasteiger partial charge is 0.170 e. The normalized spacial score (nSPS) is 11.3. The summed E-state index contributed by atoms with van der Waals surface area (Å²) >= 11 is 3.28. The Morgan fingerprint density at radius 3 is 2.59 bits per heavy atom. The van der Waals surface area contributed by atoms with Crippen LogP contribution >= 0.6 is 23.5 Å². The summed E-state index contributed by atoms with van der Waals surface area (Å²) in [5.74, 6) is 0.719. The zero-order valence-electron chi connectivity index (χ0n) is 12.6. The van der Waals surface area contributed by atoms with Gasteiger partial charge in [0, 0.05) is 16.3 Å². The van der Waals surface area contributed by atoms with E-state index in [2.05, 4.69) is 17.0 Å². The van der Waals surface area contributed by atoms with Crippen LogP contribution in [0.4, 0.5) is 4.39 Å². The van der Waals surface area contributed by atoms with Crippen molar-refractivity contribution in [3.63, 3.8) is 0 Å². The highest BCUT2D eigenvalue weighted by molar-refractivity contribution is 8.02. The van der Waals surface area contributed by atoms with Crippen LogP contribution in [0.15, 0.2) is 45.1 Å². The number of aromatic nitrogens is 3. The van der Waals surface area contributed by atoms with Gasteiger partial charge in [-0.3, -0.25) is 0 Å². The van der Waals surface area contributed by atoms with E-state index in [-0.39, 0.29) is 5.82 Å². The number of halogens is 1. The van der Waals surface area contributed by atoms with Crippen LogP contribution in [-0.4, -0.2) is 20.4 Å². The van der Waals surface area contributed by atoms with E-state index in [9.17, 15) is 4.39 Å². The Kier molecular flexibility index (Phi) is 4.40. The van der Waals surface area contributed by atoms with Crippen molar-refractivity contribution >= 4 is 29.2 Å². The molecule has 2 aromatic heterocycles.